The molecule has 1 fully saturated rings. The highest BCUT2D eigenvalue weighted by Crippen LogP contribution is 2.47. The number of furan rings is 1. The highest BCUT2D eigenvalue weighted by atomic mass is 16.3. The molecular formula is C27H35N5O4. The Kier molecular flexibility index (Phi) is 7.49. The second kappa shape index (κ2) is 10.6. The first-order chi connectivity index (χ1) is 17.1. The van der Waals surface area contributed by atoms with E-state index in [-0.39, 0.29) is 43.0 Å². The Labute approximate surface area is 210 Å². The van der Waals surface area contributed by atoms with Gasteiger partial charge in [0.05, 0.1) is 19.6 Å². The van der Waals surface area contributed by atoms with Crippen molar-refractivity contribution in [3.63, 3.8) is 0 Å². The highest BCUT2D eigenvalue weighted by Gasteiger charge is 2.36. The minimum Gasteiger partial charge on any atom is -0.464 e. The van der Waals surface area contributed by atoms with E-state index in [1.807, 2.05) is 68.3 Å². The van der Waals surface area contributed by atoms with Crippen molar-refractivity contribution in [1.82, 2.24) is 14.5 Å². The molecule has 1 amide bonds. The number of rotatable bonds is 10. The van der Waals surface area contributed by atoms with E-state index in [1.54, 1.807) is 0 Å². The average molecular weight is 494 g/mol. The first kappa shape index (κ1) is 25.5. The number of hydrogen-bond donors (Lipinski definition) is 2. The molecule has 1 aromatic carbocycles. The summed E-state index contributed by atoms with van der Waals surface area (Å²) in [6.07, 6.45) is 1.15. The van der Waals surface area contributed by atoms with Gasteiger partial charge >= 0.3 is 5.69 Å². The van der Waals surface area contributed by atoms with Crippen molar-refractivity contribution < 1.29 is 9.21 Å². The topological polar surface area (TPSA) is 118 Å². The zero-order valence-electron chi connectivity index (χ0n) is 21.4. The first-order valence-electron chi connectivity index (χ1n) is 12.4. The van der Waals surface area contributed by atoms with Crippen molar-refractivity contribution >= 4 is 17.4 Å². The van der Waals surface area contributed by atoms with Crippen molar-refractivity contribution in [2.45, 2.75) is 46.2 Å². The molecule has 192 valence electrons. The molecule has 2 aromatic heterocycles. The van der Waals surface area contributed by atoms with Gasteiger partial charge in [0.15, 0.2) is 5.69 Å². The minimum absolute atomic E-state index is 0.000590. The number of nitrogens with two attached hydrogens (primary N) is 1. The molecule has 0 spiro atoms. The van der Waals surface area contributed by atoms with Crippen LogP contribution >= 0.6 is 0 Å². The van der Waals surface area contributed by atoms with Crippen molar-refractivity contribution in [1.29, 1.82) is 0 Å². The fourth-order valence-electron chi connectivity index (χ4n) is 4.48. The number of nitrogens with zero attached hydrogens (tertiary/aromatic N) is 3. The van der Waals surface area contributed by atoms with Crippen molar-refractivity contribution in [3.8, 4) is 0 Å². The number of H-pyrrole nitrogens is 1. The lowest BCUT2D eigenvalue weighted by atomic mass is 10.2. The number of hydrogen-bond acceptors (Lipinski definition) is 6. The molecule has 0 saturated heterocycles. The molecule has 0 bridgehead atoms. The van der Waals surface area contributed by atoms with Crippen LogP contribution < -0.4 is 21.9 Å². The second-order valence-electron chi connectivity index (χ2n) is 10.3. The molecule has 0 unspecified atom stereocenters. The molecule has 2 heterocycles. The van der Waals surface area contributed by atoms with E-state index in [9.17, 15) is 14.4 Å². The molecule has 3 N–H and O–H groups in total. The zero-order chi connectivity index (χ0) is 26.0. The Morgan fingerprint density at radius 3 is 2.53 bits per heavy atom. The van der Waals surface area contributed by atoms with Gasteiger partial charge in [-0.3, -0.25) is 24.0 Å². The molecule has 0 aliphatic heterocycles. The van der Waals surface area contributed by atoms with E-state index in [0.29, 0.717) is 18.4 Å². The maximum atomic E-state index is 13.5. The van der Waals surface area contributed by atoms with E-state index in [1.165, 1.54) is 9.47 Å². The molecule has 36 heavy (non-hydrogen) atoms. The Balaban J connectivity index is 1.56. The normalized spacial score (nSPS) is 17.1. The number of aromatic nitrogens is 2. The van der Waals surface area contributed by atoms with E-state index in [4.69, 9.17) is 10.2 Å². The van der Waals surface area contributed by atoms with Crippen LogP contribution in [0.2, 0.25) is 0 Å². The SMILES string of the molecule is CC(C)CN(C(=O)CN(C)Cc1ccc([C@H]2C[C@@H]2C)o1)c1c(N)n(Cc2ccccc2)c(=O)[nH]c1=O. The van der Waals surface area contributed by atoms with E-state index < -0.39 is 11.2 Å². The molecule has 9 heteroatoms. The smallest absolute Gasteiger partial charge is 0.330 e. The minimum atomic E-state index is -0.673. The number of nitrogen functional groups attached to an aromatic ring is 1. The predicted octanol–water partition coefficient (Wildman–Crippen LogP) is 3.00. The molecule has 4 rings (SSSR count). The van der Waals surface area contributed by atoms with E-state index in [0.717, 1.165) is 23.5 Å². The van der Waals surface area contributed by atoms with Gasteiger partial charge in [-0.05, 0) is 43.0 Å². The Morgan fingerprint density at radius 2 is 1.89 bits per heavy atom. The highest BCUT2D eigenvalue weighted by molar-refractivity contribution is 5.96. The van der Waals surface area contributed by atoms with Crippen LogP contribution in [0.5, 0.6) is 0 Å². The van der Waals surface area contributed by atoms with Crippen molar-refractivity contribution in [2.24, 2.45) is 11.8 Å². The van der Waals surface area contributed by atoms with Gasteiger partial charge in [-0.2, -0.15) is 0 Å². The van der Waals surface area contributed by atoms with Gasteiger partial charge in [-0.15, -0.1) is 0 Å². The van der Waals surface area contributed by atoms with Gasteiger partial charge in [0.1, 0.15) is 17.3 Å². The van der Waals surface area contributed by atoms with Gasteiger partial charge in [0, 0.05) is 12.5 Å². The van der Waals surface area contributed by atoms with Crippen LogP contribution in [0.3, 0.4) is 0 Å². The number of benzene rings is 1. The third-order valence-corrected chi connectivity index (χ3v) is 6.50. The summed E-state index contributed by atoms with van der Waals surface area (Å²) >= 11 is 0. The molecule has 0 radical (unpaired) electrons. The fraction of sp³-hybridized carbons (Fsp3) is 0.444. The quantitative estimate of drug-likeness (QED) is 0.448. The zero-order valence-corrected chi connectivity index (χ0v) is 21.4. The molecule has 1 aliphatic rings. The van der Waals surface area contributed by atoms with Crippen LogP contribution in [-0.4, -0.2) is 40.5 Å². The number of likely N-dealkylation sites (N-methyl/N-ethyl adjacent to an activating group) is 1. The Hall–Kier alpha value is -3.59. The lowest BCUT2D eigenvalue weighted by Gasteiger charge is -2.28. The molecule has 2 atom stereocenters. The lowest BCUT2D eigenvalue weighted by Crippen LogP contribution is -2.46. The number of carbonyl (C=O) groups is 1. The first-order valence-corrected chi connectivity index (χ1v) is 12.4. The Bertz CT molecular complexity index is 1320. The molecule has 9 nitrogen and oxygen atoms in total. The number of aromatic amines is 1. The summed E-state index contributed by atoms with van der Waals surface area (Å²) in [7, 11) is 1.83. The molecular weight excluding hydrogens is 458 g/mol. The number of amides is 1. The second-order valence-corrected chi connectivity index (χ2v) is 10.3. The summed E-state index contributed by atoms with van der Waals surface area (Å²) in [5.74, 6) is 2.70. The predicted molar refractivity (Wildman–Crippen MR) is 140 cm³/mol. The molecule has 1 aliphatic carbocycles. The van der Waals surface area contributed by atoms with Crippen molar-refractivity contribution in [3.05, 3.63) is 80.4 Å². The third-order valence-electron chi connectivity index (χ3n) is 6.50. The summed E-state index contributed by atoms with van der Waals surface area (Å²) in [6.45, 7) is 7.10. The van der Waals surface area contributed by atoms with Crippen molar-refractivity contribution in [2.75, 3.05) is 30.8 Å². The molecule has 3 aromatic rings. The molecule has 1 saturated carbocycles. The Morgan fingerprint density at radius 1 is 1.19 bits per heavy atom. The van der Waals surface area contributed by atoms with Crippen LogP contribution in [-0.2, 0) is 17.9 Å². The van der Waals surface area contributed by atoms with E-state index in [2.05, 4.69) is 11.9 Å². The van der Waals surface area contributed by atoms with Gasteiger partial charge in [0.25, 0.3) is 5.56 Å². The summed E-state index contributed by atoms with van der Waals surface area (Å²) in [6, 6.07) is 13.3. The van der Waals surface area contributed by atoms with Crippen LogP contribution in [0.4, 0.5) is 11.5 Å². The average Bonchev–Trinajstić information content (AvgIpc) is 3.36. The lowest BCUT2D eigenvalue weighted by molar-refractivity contribution is -0.119. The monoisotopic (exact) mass is 493 g/mol. The largest absolute Gasteiger partial charge is 0.464 e. The maximum absolute atomic E-state index is 13.5. The van der Waals surface area contributed by atoms with Gasteiger partial charge in [-0.1, -0.05) is 51.1 Å². The van der Waals surface area contributed by atoms with Crippen LogP contribution in [0, 0.1) is 11.8 Å². The van der Waals surface area contributed by atoms with E-state index >= 15 is 0 Å². The summed E-state index contributed by atoms with van der Waals surface area (Å²) in [4.78, 5) is 44.5. The van der Waals surface area contributed by atoms with Gasteiger partial charge in [-0.25, -0.2) is 4.79 Å². The summed E-state index contributed by atoms with van der Waals surface area (Å²) < 4.78 is 7.28. The standard InChI is InChI=1S/C27H35N5O4/c1-17(2)13-31(23(33)16-30(4)15-20-10-11-22(36-20)21-12-18(21)3)24-25(28)32(27(35)29-26(24)34)14-19-8-6-5-7-9-19/h5-11,17-18,21H,12-16,28H2,1-4H3,(H,29,34,35)/t18-,21-/m0/s1. The van der Waals surface area contributed by atoms with Crippen LogP contribution in [0.25, 0.3) is 0 Å². The van der Waals surface area contributed by atoms with Crippen LogP contribution in [0.15, 0.2) is 56.5 Å². The summed E-state index contributed by atoms with van der Waals surface area (Å²) in [5, 5.41) is 0. The van der Waals surface area contributed by atoms with Crippen LogP contribution in [0.1, 0.15) is 50.2 Å². The van der Waals surface area contributed by atoms with Gasteiger partial charge < -0.3 is 15.1 Å². The number of nitrogens with one attached hydrogen (secondary N) is 1. The number of anilines is 2. The maximum Gasteiger partial charge on any atom is 0.330 e. The van der Waals surface area contributed by atoms with Gasteiger partial charge in [0.2, 0.25) is 5.91 Å². The summed E-state index contributed by atoms with van der Waals surface area (Å²) in [5.41, 5.74) is 5.94. The third kappa shape index (κ3) is 5.79. The number of carbonyl (C=O) groups excluding carboxylic acids is 1. The fourth-order valence-corrected chi connectivity index (χ4v) is 4.48.